The Balaban J connectivity index is 0.947. The summed E-state index contributed by atoms with van der Waals surface area (Å²) in [4.78, 5) is 15.3. The average Bonchev–Trinajstić information content (AvgIpc) is 3.74. The molecule has 1 aliphatic carbocycles. The van der Waals surface area contributed by atoms with Crippen LogP contribution in [-0.4, -0.2) is 15.0 Å². The van der Waals surface area contributed by atoms with E-state index < -0.39 is 0 Å². The van der Waals surface area contributed by atoms with Gasteiger partial charge in [0.2, 0.25) is 0 Å². The number of aromatic nitrogens is 3. The van der Waals surface area contributed by atoms with E-state index in [1.54, 1.807) is 0 Å². The van der Waals surface area contributed by atoms with Crippen molar-refractivity contribution in [2.45, 2.75) is 0 Å². The Morgan fingerprint density at radius 2 is 0.712 bits per heavy atom. The number of hydrogen-bond acceptors (Lipinski definition) is 4. The van der Waals surface area contributed by atoms with Crippen molar-refractivity contribution in [3.63, 3.8) is 0 Å². The molecule has 0 unspecified atom stereocenters. The molecule has 0 saturated carbocycles. The van der Waals surface area contributed by atoms with Crippen molar-refractivity contribution in [1.82, 2.24) is 15.0 Å². The van der Waals surface area contributed by atoms with Crippen molar-refractivity contribution < 1.29 is 0 Å². The molecule has 1 heterocycles. The molecule has 0 fully saturated rings. The summed E-state index contributed by atoms with van der Waals surface area (Å²) < 4.78 is 0. The largest absolute Gasteiger partial charge is 0.208 e. The number of nitriles is 1. The molecule has 0 saturated heterocycles. The Kier molecular flexibility index (Phi) is 9.51. The molecular weight excluding hydrogens is 801 g/mol. The first-order chi connectivity index (χ1) is 32.7. The summed E-state index contributed by atoms with van der Waals surface area (Å²) in [5.74, 6) is 1.81. The molecule has 306 valence electrons. The van der Waals surface area contributed by atoms with Crippen LogP contribution in [0.4, 0.5) is 0 Å². The van der Waals surface area contributed by atoms with E-state index in [-0.39, 0.29) is 0 Å². The summed E-state index contributed by atoms with van der Waals surface area (Å²) in [6.07, 6.45) is 0. The van der Waals surface area contributed by atoms with E-state index in [9.17, 15) is 5.26 Å². The molecule has 66 heavy (non-hydrogen) atoms. The first-order valence-electron chi connectivity index (χ1n) is 22.1. The number of nitrogens with zero attached hydrogens (tertiary/aromatic N) is 4. The lowest BCUT2D eigenvalue weighted by Crippen LogP contribution is -2.01. The van der Waals surface area contributed by atoms with Crippen LogP contribution in [0.2, 0.25) is 0 Å². The van der Waals surface area contributed by atoms with Gasteiger partial charge in [0.05, 0.1) is 11.6 Å². The van der Waals surface area contributed by atoms with Gasteiger partial charge in [-0.05, 0) is 113 Å². The Morgan fingerprint density at radius 3 is 1.39 bits per heavy atom. The minimum absolute atomic E-state index is 0.592. The molecule has 1 aliphatic rings. The van der Waals surface area contributed by atoms with E-state index in [0.29, 0.717) is 23.0 Å². The van der Waals surface area contributed by atoms with Crippen molar-refractivity contribution in [2.75, 3.05) is 0 Å². The van der Waals surface area contributed by atoms with Crippen LogP contribution in [0.5, 0.6) is 0 Å². The van der Waals surface area contributed by atoms with E-state index >= 15 is 0 Å². The molecule has 0 atom stereocenters. The fourth-order valence-electron chi connectivity index (χ4n) is 9.61. The van der Waals surface area contributed by atoms with Crippen LogP contribution in [0, 0.1) is 11.3 Å². The second-order valence-corrected chi connectivity index (χ2v) is 16.6. The molecule has 1 aromatic heterocycles. The summed E-state index contributed by atoms with van der Waals surface area (Å²) in [7, 11) is 0. The Labute approximate surface area is 383 Å². The maximum absolute atomic E-state index is 10.2. The second-order valence-electron chi connectivity index (χ2n) is 16.6. The van der Waals surface area contributed by atoms with Gasteiger partial charge < -0.3 is 0 Å². The fourth-order valence-corrected chi connectivity index (χ4v) is 9.61. The lowest BCUT2D eigenvalue weighted by atomic mass is 9.88. The number of hydrogen-bond donors (Lipinski definition) is 0. The molecule has 0 N–H and O–H groups in total. The van der Waals surface area contributed by atoms with E-state index in [0.717, 1.165) is 66.8 Å². The highest BCUT2D eigenvalue weighted by Crippen LogP contribution is 2.51. The first kappa shape index (κ1) is 38.6. The lowest BCUT2D eigenvalue weighted by Gasteiger charge is -2.16. The standard InChI is InChI=1S/C62H38N4/c63-39-40-30-35-51(57(36-40)49-23-10-22-48(38-49)52-26-13-28-54-53-27-11-18-43-19-12-29-56(58(43)53)59(52)54)47-21-9-20-46(37-47)50-24-7-8-25-55(50)62-65-60(44-16-5-2-6-17-44)64-61(66-62)45-33-31-42(32-34-45)41-14-3-1-4-15-41/h1-38H. The molecule has 10 aromatic carbocycles. The summed E-state index contributed by atoms with van der Waals surface area (Å²) in [6.45, 7) is 0. The Hall–Kier alpha value is -9.04. The predicted octanol–water partition coefficient (Wildman–Crippen LogP) is 15.9. The Morgan fingerprint density at radius 1 is 0.273 bits per heavy atom. The lowest BCUT2D eigenvalue weighted by molar-refractivity contribution is 1.07. The molecule has 0 amide bonds. The zero-order chi connectivity index (χ0) is 44.0. The van der Waals surface area contributed by atoms with Crippen LogP contribution in [0.15, 0.2) is 231 Å². The van der Waals surface area contributed by atoms with Crippen molar-refractivity contribution in [1.29, 1.82) is 5.26 Å². The minimum Gasteiger partial charge on any atom is -0.208 e. The maximum atomic E-state index is 10.2. The monoisotopic (exact) mass is 838 g/mol. The molecule has 12 rings (SSSR count). The van der Waals surface area contributed by atoms with Gasteiger partial charge in [0.15, 0.2) is 17.5 Å². The summed E-state index contributed by atoms with van der Waals surface area (Å²) >= 11 is 0. The highest BCUT2D eigenvalue weighted by molar-refractivity contribution is 6.18. The van der Waals surface area contributed by atoms with E-state index in [2.05, 4.69) is 182 Å². The zero-order valence-corrected chi connectivity index (χ0v) is 35.7. The summed E-state index contributed by atoms with van der Waals surface area (Å²) in [5, 5.41) is 12.7. The van der Waals surface area contributed by atoms with Gasteiger partial charge in [-0.15, -0.1) is 0 Å². The van der Waals surface area contributed by atoms with Crippen molar-refractivity contribution in [2.24, 2.45) is 0 Å². The molecule has 11 aromatic rings. The van der Waals surface area contributed by atoms with Crippen molar-refractivity contribution in [3.8, 4) is 118 Å². The highest BCUT2D eigenvalue weighted by Gasteiger charge is 2.24. The molecule has 4 nitrogen and oxygen atoms in total. The van der Waals surface area contributed by atoms with Crippen molar-refractivity contribution in [3.05, 3.63) is 236 Å². The van der Waals surface area contributed by atoms with Gasteiger partial charge in [0.1, 0.15) is 0 Å². The molecule has 0 radical (unpaired) electrons. The molecule has 0 aliphatic heterocycles. The van der Waals surface area contributed by atoms with E-state index in [1.807, 2.05) is 54.6 Å². The summed E-state index contributed by atoms with van der Waals surface area (Å²) in [5.41, 5.74) is 19.1. The van der Waals surface area contributed by atoms with Gasteiger partial charge in [-0.1, -0.05) is 206 Å². The third-order valence-electron chi connectivity index (χ3n) is 12.7. The quantitative estimate of drug-likeness (QED) is 0.153. The van der Waals surface area contributed by atoms with Crippen LogP contribution in [0.3, 0.4) is 0 Å². The van der Waals surface area contributed by atoms with Crippen molar-refractivity contribution >= 4 is 10.8 Å². The average molecular weight is 839 g/mol. The number of rotatable bonds is 8. The normalized spacial score (nSPS) is 11.3. The third kappa shape index (κ3) is 6.84. The topological polar surface area (TPSA) is 62.5 Å². The summed E-state index contributed by atoms with van der Waals surface area (Å²) in [6, 6.07) is 82.8. The number of benzene rings is 10. The van der Waals surface area contributed by atoms with Crippen LogP contribution >= 0.6 is 0 Å². The molecule has 4 heteroatoms. The number of fused-ring (bicyclic) bond motifs is 3. The molecular formula is C62H38N4. The predicted molar refractivity (Wildman–Crippen MR) is 270 cm³/mol. The van der Waals surface area contributed by atoms with Gasteiger partial charge in [0, 0.05) is 16.7 Å². The SMILES string of the molecule is N#Cc1ccc(-c2cccc(-c3ccccc3-c3nc(-c4ccccc4)nc(-c4ccc(-c5ccccc5)cc4)n3)c2)c(-c2cccc(-c3cccc4c3-c3cccc5cccc-4c35)c2)c1. The molecule has 0 spiro atoms. The van der Waals surface area contributed by atoms with Crippen LogP contribution in [0.1, 0.15) is 5.56 Å². The van der Waals surface area contributed by atoms with Crippen LogP contribution in [0.25, 0.3) is 123 Å². The van der Waals surface area contributed by atoms with Gasteiger partial charge in [-0.2, -0.15) is 5.26 Å². The van der Waals surface area contributed by atoms with E-state index in [4.69, 9.17) is 15.0 Å². The van der Waals surface area contributed by atoms with Crippen LogP contribution < -0.4 is 0 Å². The van der Waals surface area contributed by atoms with Gasteiger partial charge in [0.25, 0.3) is 0 Å². The third-order valence-corrected chi connectivity index (χ3v) is 12.7. The first-order valence-corrected chi connectivity index (χ1v) is 22.1. The Bertz CT molecular complexity index is 3690. The van der Waals surface area contributed by atoms with E-state index in [1.165, 1.54) is 38.6 Å². The highest BCUT2D eigenvalue weighted by atomic mass is 15.0. The second kappa shape index (κ2) is 16.3. The fraction of sp³-hybridized carbons (Fsp3) is 0. The minimum atomic E-state index is 0.592. The van der Waals surface area contributed by atoms with Gasteiger partial charge in [-0.3, -0.25) is 0 Å². The molecule has 0 bridgehead atoms. The van der Waals surface area contributed by atoms with Crippen LogP contribution in [-0.2, 0) is 0 Å². The smallest absolute Gasteiger partial charge is 0.164 e. The van der Waals surface area contributed by atoms with Gasteiger partial charge in [-0.25, -0.2) is 15.0 Å². The zero-order valence-electron chi connectivity index (χ0n) is 35.7. The van der Waals surface area contributed by atoms with Gasteiger partial charge >= 0.3 is 0 Å². The maximum Gasteiger partial charge on any atom is 0.164 e.